The SMILES string of the molecule is O=C(c1c(Cl)cc(Cl)cc1Cl)C(F)(F)C(F)F. The van der Waals surface area contributed by atoms with Crippen LogP contribution in [0, 0.1) is 0 Å². The molecule has 0 heterocycles. The molecule has 0 fully saturated rings. The standard InChI is InChI=1S/C9H3Cl3F4O/c10-3-1-4(11)6(5(12)2-3)7(17)9(15,16)8(13)14/h1-2,8H. The van der Waals surface area contributed by atoms with Crippen LogP contribution in [0.1, 0.15) is 10.4 Å². The number of carbonyl (C=O) groups excluding carboxylic acids is 1. The first-order chi connectivity index (χ1) is 7.67. The van der Waals surface area contributed by atoms with Gasteiger partial charge >= 0.3 is 12.3 Å². The maximum absolute atomic E-state index is 12.8. The van der Waals surface area contributed by atoms with E-state index in [4.69, 9.17) is 34.8 Å². The minimum absolute atomic E-state index is 0.00286. The molecular weight excluding hydrogens is 306 g/mol. The predicted octanol–water partition coefficient (Wildman–Crippen LogP) is 4.73. The van der Waals surface area contributed by atoms with E-state index in [1.54, 1.807) is 0 Å². The molecule has 0 unspecified atom stereocenters. The topological polar surface area (TPSA) is 17.1 Å². The van der Waals surface area contributed by atoms with Crippen LogP contribution >= 0.6 is 34.8 Å². The van der Waals surface area contributed by atoms with E-state index in [9.17, 15) is 22.4 Å². The second-order valence-electron chi connectivity index (χ2n) is 3.00. The monoisotopic (exact) mass is 308 g/mol. The average molecular weight is 309 g/mol. The zero-order chi connectivity index (χ0) is 13.4. The molecule has 1 rings (SSSR count). The third kappa shape index (κ3) is 2.84. The van der Waals surface area contributed by atoms with Gasteiger partial charge in [0.1, 0.15) is 0 Å². The Balaban J connectivity index is 3.31. The zero-order valence-electron chi connectivity index (χ0n) is 7.79. The molecule has 0 aliphatic carbocycles. The molecule has 0 N–H and O–H groups in total. The van der Waals surface area contributed by atoms with E-state index >= 15 is 0 Å². The van der Waals surface area contributed by atoms with Crippen molar-refractivity contribution in [2.24, 2.45) is 0 Å². The fourth-order valence-electron chi connectivity index (χ4n) is 1.02. The zero-order valence-corrected chi connectivity index (χ0v) is 10.1. The van der Waals surface area contributed by atoms with Gasteiger partial charge in [-0.15, -0.1) is 0 Å². The molecule has 0 radical (unpaired) electrons. The molecular formula is C9H3Cl3F4O. The van der Waals surface area contributed by atoms with Crippen LogP contribution in [-0.2, 0) is 0 Å². The van der Waals surface area contributed by atoms with E-state index in [0.29, 0.717) is 0 Å². The van der Waals surface area contributed by atoms with Crippen LogP contribution in [0.4, 0.5) is 17.6 Å². The maximum atomic E-state index is 12.8. The van der Waals surface area contributed by atoms with Crippen LogP contribution < -0.4 is 0 Å². The number of Topliss-reactive ketones (excluding diaryl/α,β-unsaturated/α-hetero) is 1. The molecule has 1 nitrogen and oxygen atoms in total. The van der Waals surface area contributed by atoms with Crippen LogP contribution in [0.3, 0.4) is 0 Å². The highest BCUT2D eigenvalue weighted by Gasteiger charge is 2.50. The highest BCUT2D eigenvalue weighted by Crippen LogP contribution is 2.35. The van der Waals surface area contributed by atoms with E-state index < -0.39 is 33.7 Å². The normalized spacial score (nSPS) is 12.0. The number of carbonyl (C=O) groups is 1. The van der Waals surface area contributed by atoms with E-state index in [0.717, 1.165) is 12.1 Å². The van der Waals surface area contributed by atoms with Crippen molar-refractivity contribution in [1.82, 2.24) is 0 Å². The molecule has 0 saturated carbocycles. The van der Waals surface area contributed by atoms with Gasteiger partial charge in [0, 0.05) is 5.02 Å². The van der Waals surface area contributed by atoms with Gasteiger partial charge in [-0.3, -0.25) is 4.79 Å². The summed E-state index contributed by atoms with van der Waals surface area (Å²) in [7, 11) is 0. The van der Waals surface area contributed by atoms with Gasteiger partial charge in [-0.25, -0.2) is 8.78 Å². The molecule has 0 saturated heterocycles. The van der Waals surface area contributed by atoms with E-state index in [2.05, 4.69) is 0 Å². The van der Waals surface area contributed by atoms with Crippen molar-refractivity contribution in [2.75, 3.05) is 0 Å². The van der Waals surface area contributed by atoms with Crippen molar-refractivity contribution >= 4 is 40.6 Å². The highest BCUT2D eigenvalue weighted by atomic mass is 35.5. The van der Waals surface area contributed by atoms with Crippen molar-refractivity contribution in [1.29, 1.82) is 0 Å². The van der Waals surface area contributed by atoms with Crippen LogP contribution in [0.25, 0.3) is 0 Å². The first-order valence-corrected chi connectivity index (χ1v) is 5.16. The van der Waals surface area contributed by atoms with Crippen molar-refractivity contribution in [3.05, 3.63) is 32.8 Å². The number of alkyl halides is 4. The van der Waals surface area contributed by atoms with Gasteiger partial charge in [0.05, 0.1) is 15.6 Å². The molecule has 1 aromatic carbocycles. The Morgan fingerprint density at radius 1 is 1.12 bits per heavy atom. The second kappa shape index (κ2) is 5.00. The Labute approximate surface area is 108 Å². The molecule has 0 aliphatic heterocycles. The number of hydrogen-bond acceptors (Lipinski definition) is 1. The first-order valence-electron chi connectivity index (χ1n) is 4.03. The molecule has 0 amide bonds. The predicted molar refractivity (Wildman–Crippen MR) is 56.8 cm³/mol. The van der Waals surface area contributed by atoms with E-state index in [1.165, 1.54) is 0 Å². The fourth-order valence-corrected chi connectivity index (χ4v) is 2.01. The maximum Gasteiger partial charge on any atom is 0.368 e. The minimum atomic E-state index is -4.85. The highest BCUT2D eigenvalue weighted by molar-refractivity contribution is 6.42. The molecule has 1 aromatic rings. The second-order valence-corrected chi connectivity index (χ2v) is 4.25. The summed E-state index contributed by atoms with van der Waals surface area (Å²) >= 11 is 16.4. The summed E-state index contributed by atoms with van der Waals surface area (Å²) in [6.45, 7) is 0. The molecule has 0 bridgehead atoms. The Morgan fingerprint density at radius 2 is 1.53 bits per heavy atom. The van der Waals surface area contributed by atoms with E-state index in [-0.39, 0.29) is 5.02 Å². The van der Waals surface area contributed by atoms with Gasteiger partial charge in [-0.05, 0) is 12.1 Å². The van der Waals surface area contributed by atoms with Crippen LogP contribution in [0.2, 0.25) is 15.1 Å². The first kappa shape index (κ1) is 14.5. The summed E-state index contributed by atoms with van der Waals surface area (Å²) in [6, 6.07) is 1.92. The van der Waals surface area contributed by atoms with Crippen LogP contribution in [0.5, 0.6) is 0 Å². The van der Waals surface area contributed by atoms with Crippen molar-refractivity contribution < 1.29 is 22.4 Å². The summed E-state index contributed by atoms with van der Waals surface area (Å²) in [6.07, 6.45) is -4.14. The van der Waals surface area contributed by atoms with Gasteiger partial charge in [0.2, 0.25) is 5.78 Å². The third-order valence-corrected chi connectivity index (χ3v) is 2.63. The van der Waals surface area contributed by atoms with Gasteiger partial charge < -0.3 is 0 Å². The third-order valence-electron chi connectivity index (χ3n) is 1.81. The number of ketones is 1. The van der Waals surface area contributed by atoms with Crippen molar-refractivity contribution in [3.8, 4) is 0 Å². The molecule has 0 aliphatic rings. The van der Waals surface area contributed by atoms with Crippen LogP contribution in [-0.4, -0.2) is 18.1 Å². The Morgan fingerprint density at radius 3 is 1.88 bits per heavy atom. The van der Waals surface area contributed by atoms with Gasteiger partial charge in [0.15, 0.2) is 0 Å². The van der Waals surface area contributed by atoms with Crippen molar-refractivity contribution in [2.45, 2.75) is 12.3 Å². The molecule has 94 valence electrons. The smallest absolute Gasteiger partial charge is 0.287 e. The molecule has 17 heavy (non-hydrogen) atoms. The summed E-state index contributed by atoms with van der Waals surface area (Å²) < 4.78 is 49.7. The Bertz CT molecular complexity index is 439. The van der Waals surface area contributed by atoms with Gasteiger partial charge in [-0.1, -0.05) is 34.8 Å². The summed E-state index contributed by atoms with van der Waals surface area (Å²) in [5.41, 5.74) is -0.872. The Kier molecular flexibility index (Phi) is 4.28. The lowest BCUT2D eigenvalue weighted by atomic mass is 10.1. The van der Waals surface area contributed by atoms with Crippen LogP contribution in [0.15, 0.2) is 12.1 Å². The quantitative estimate of drug-likeness (QED) is 0.583. The number of hydrogen-bond donors (Lipinski definition) is 0. The van der Waals surface area contributed by atoms with Crippen molar-refractivity contribution in [3.63, 3.8) is 0 Å². The van der Waals surface area contributed by atoms with E-state index in [1.807, 2.05) is 0 Å². The lowest BCUT2D eigenvalue weighted by Gasteiger charge is -2.15. The average Bonchev–Trinajstić information content (AvgIpc) is 2.15. The van der Waals surface area contributed by atoms with Gasteiger partial charge in [-0.2, -0.15) is 8.78 Å². The Hall–Kier alpha value is -0.520. The molecule has 0 spiro atoms. The fraction of sp³-hybridized carbons (Fsp3) is 0.222. The summed E-state index contributed by atoms with van der Waals surface area (Å²) in [5, 5.41) is -1.02. The lowest BCUT2D eigenvalue weighted by molar-refractivity contribution is -0.0958. The summed E-state index contributed by atoms with van der Waals surface area (Å²) in [4.78, 5) is 11.2. The number of benzene rings is 1. The molecule has 0 atom stereocenters. The molecule has 8 heteroatoms. The molecule has 0 aromatic heterocycles. The lowest BCUT2D eigenvalue weighted by Crippen LogP contribution is -2.36. The van der Waals surface area contributed by atoms with Gasteiger partial charge in [0.25, 0.3) is 0 Å². The largest absolute Gasteiger partial charge is 0.368 e. The number of rotatable bonds is 3. The summed E-state index contributed by atoms with van der Waals surface area (Å²) in [5.74, 6) is -6.99. The number of halogens is 7. The minimum Gasteiger partial charge on any atom is -0.287 e.